The molecule has 1 aliphatic heterocycles. The molecular weight excluding hydrogens is 282 g/mol. The molecule has 3 rings (SSSR count). The number of benzene rings is 2. The van der Waals surface area contributed by atoms with Crippen LogP contribution in [0, 0.1) is 11.8 Å². The molecule has 2 heteroatoms. The first-order valence-corrected chi connectivity index (χ1v) is 8.24. The number of hydrogen-bond donors (Lipinski definition) is 0. The fourth-order valence-electron chi connectivity index (χ4n) is 2.88. The third-order valence-corrected chi connectivity index (χ3v) is 4.71. The first-order valence-electron chi connectivity index (χ1n) is 8.24. The van der Waals surface area contributed by atoms with E-state index in [1.54, 1.807) is 0 Å². The minimum Gasteiger partial charge on any atom is -0.307 e. The second-order valence-corrected chi connectivity index (χ2v) is 6.55. The summed E-state index contributed by atoms with van der Waals surface area (Å²) in [7, 11) is 0. The molecule has 0 radical (unpaired) electrons. The third kappa shape index (κ3) is 3.07. The van der Waals surface area contributed by atoms with Gasteiger partial charge in [-0.15, -0.1) is 0 Å². The Morgan fingerprint density at radius 3 is 2.26 bits per heavy atom. The highest BCUT2D eigenvalue weighted by Gasteiger charge is 2.26. The quantitative estimate of drug-likeness (QED) is 0.765. The Morgan fingerprint density at radius 2 is 1.52 bits per heavy atom. The van der Waals surface area contributed by atoms with Crippen LogP contribution in [0.5, 0.6) is 0 Å². The number of carbonyl (C=O) groups is 1. The summed E-state index contributed by atoms with van der Waals surface area (Å²) < 4.78 is 0. The molecule has 1 aliphatic rings. The maximum atomic E-state index is 13.1. The van der Waals surface area contributed by atoms with Crippen molar-refractivity contribution in [2.24, 2.45) is 11.8 Å². The molecule has 1 atom stereocenters. The maximum Gasteiger partial charge on any atom is 0.230 e. The number of fused-ring (bicyclic) bond motifs is 2. The Bertz CT molecular complexity index is 745. The molecule has 0 saturated heterocycles. The lowest BCUT2D eigenvalue weighted by atomic mass is 9.94. The molecule has 0 fully saturated rings. The van der Waals surface area contributed by atoms with Gasteiger partial charge in [-0.2, -0.15) is 0 Å². The second kappa shape index (κ2) is 6.41. The molecule has 0 spiro atoms. The Morgan fingerprint density at radius 1 is 0.913 bits per heavy atom. The summed E-state index contributed by atoms with van der Waals surface area (Å²) in [5.74, 6) is 0.516. The van der Waals surface area contributed by atoms with Crippen molar-refractivity contribution in [2.75, 3.05) is 4.90 Å². The van der Waals surface area contributed by atoms with Crippen LogP contribution < -0.4 is 4.90 Å². The van der Waals surface area contributed by atoms with Crippen LogP contribution in [0.15, 0.2) is 48.5 Å². The Hall–Kier alpha value is -2.35. The molecule has 1 unspecified atom stereocenters. The van der Waals surface area contributed by atoms with Crippen LogP contribution in [0.3, 0.4) is 0 Å². The minimum absolute atomic E-state index is 0.00127. The molecule has 0 aliphatic carbocycles. The summed E-state index contributed by atoms with van der Waals surface area (Å²) >= 11 is 0. The predicted octanol–water partition coefficient (Wildman–Crippen LogP) is 5.00. The van der Waals surface area contributed by atoms with Crippen LogP contribution in [0.4, 0.5) is 5.69 Å². The standard InChI is InChI=1S/C21H23NO/c1-15(2)16(3)21(23)22-14-19-10-5-4-8-17(19)12-13-18-9-6-7-11-20(18)22/h4-13,15-16H,14H2,1-3H3/b13-12-. The lowest BCUT2D eigenvalue weighted by Gasteiger charge is -2.30. The summed E-state index contributed by atoms with van der Waals surface area (Å²) in [6, 6.07) is 16.4. The summed E-state index contributed by atoms with van der Waals surface area (Å²) in [6.45, 7) is 6.85. The maximum absolute atomic E-state index is 13.1. The molecule has 2 nitrogen and oxygen atoms in total. The zero-order chi connectivity index (χ0) is 16.4. The van der Waals surface area contributed by atoms with Crippen LogP contribution in [0.2, 0.25) is 0 Å². The van der Waals surface area contributed by atoms with Gasteiger partial charge in [-0.3, -0.25) is 4.79 Å². The molecule has 23 heavy (non-hydrogen) atoms. The molecule has 118 valence electrons. The van der Waals surface area contributed by atoms with Crippen molar-refractivity contribution in [2.45, 2.75) is 27.3 Å². The van der Waals surface area contributed by atoms with Crippen molar-refractivity contribution < 1.29 is 4.79 Å². The van der Waals surface area contributed by atoms with E-state index in [0.717, 1.165) is 11.3 Å². The van der Waals surface area contributed by atoms with Gasteiger partial charge in [-0.1, -0.05) is 75.4 Å². The number of rotatable bonds is 2. The lowest BCUT2D eigenvalue weighted by molar-refractivity contribution is -0.123. The molecule has 0 N–H and O–H groups in total. The fourth-order valence-corrected chi connectivity index (χ4v) is 2.88. The summed E-state index contributed by atoms with van der Waals surface area (Å²) in [6.07, 6.45) is 4.25. The average Bonchev–Trinajstić information content (AvgIpc) is 2.55. The van der Waals surface area contributed by atoms with Gasteiger partial charge in [0.05, 0.1) is 12.2 Å². The normalized spacial score (nSPS) is 16.1. The topological polar surface area (TPSA) is 20.3 Å². The van der Waals surface area contributed by atoms with E-state index in [2.05, 4.69) is 44.2 Å². The molecule has 2 aromatic carbocycles. The van der Waals surface area contributed by atoms with Gasteiger partial charge in [-0.25, -0.2) is 0 Å². The summed E-state index contributed by atoms with van der Waals surface area (Å²) in [5.41, 5.74) is 4.45. The van der Waals surface area contributed by atoms with Gasteiger partial charge >= 0.3 is 0 Å². The zero-order valence-electron chi connectivity index (χ0n) is 14.0. The Kier molecular flexibility index (Phi) is 4.33. The molecule has 0 bridgehead atoms. The van der Waals surface area contributed by atoms with E-state index in [1.807, 2.05) is 42.2 Å². The molecule has 0 saturated carbocycles. The minimum atomic E-state index is -0.00127. The van der Waals surface area contributed by atoms with E-state index >= 15 is 0 Å². The van der Waals surface area contributed by atoms with Gasteiger partial charge in [0.1, 0.15) is 0 Å². The highest BCUT2D eigenvalue weighted by molar-refractivity contribution is 5.98. The largest absolute Gasteiger partial charge is 0.307 e. The molecular formula is C21H23NO. The third-order valence-electron chi connectivity index (χ3n) is 4.71. The monoisotopic (exact) mass is 305 g/mol. The Balaban J connectivity index is 2.11. The van der Waals surface area contributed by atoms with Crippen LogP contribution in [0.25, 0.3) is 12.2 Å². The first-order chi connectivity index (χ1) is 11.1. The van der Waals surface area contributed by atoms with Gasteiger partial charge < -0.3 is 4.90 Å². The lowest BCUT2D eigenvalue weighted by Crippen LogP contribution is -2.37. The number of hydrogen-bond acceptors (Lipinski definition) is 1. The number of carbonyl (C=O) groups excluding carboxylic acids is 1. The zero-order valence-corrected chi connectivity index (χ0v) is 14.0. The van der Waals surface area contributed by atoms with Crippen LogP contribution in [-0.4, -0.2) is 5.91 Å². The van der Waals surface area contributed by atoms with Gasteiger partial charge in [0, 0.05) is 5.92 Å². The van der Waals surface area contributed by atoms with E-state index in [4.69, 9.17) is 0 Å². The van der Waals surface area contributed by atoms with Crippen molar-refractivity contribution in [1.29, 1.82) is 0 Å². The van der Waals surface area contributed by atoms with Crippen molar-refractivity contribution in [3.05, 3.63) is 65.2 Å². The first kappa shape index (κ1) is 15.5. The molecule has 0 aromatic heterocycles. The van der Waals surface area contributed by atoms with Gasteiger partial charge in [0.25, 0.3) is 0 Å². The van der Waals surface area contributed by atoms with E-state index in [1.165, 1.54) is 11.1 Å². The van der Waals surface area contributed by atoms with E-state index < -0.39 is 0 Å². The van der Waals surface area contributed by atoms with Crippen LogP contribution in [0.1, 0.15) is 37.5 Å². The van der Waals surface area contributed by atoms with Crippen LogP contribution in [-0.2, 0) is 11.3 Å². The molecule has 2 aromatic rings. The fraction of sp³-hybridized carbons (Fsp3) is 0.286. The van der Waals surface area contributed by atoms with Crippen molar-refractivity contribution in [3.63, 3.8) is 0 Å². The SMILES string of the molecule is CC(C)C(C)C(=O)N1Cc2ccccc2/C=C\c2ccccc21. The van der Waals surface area contributed by atoms with Gasteiger partial charge in [0.2, 0.25) is 5.91 Å². The van der Waals surface area contributed by atoms with Crippen molar-refractivity contribution in [1.82, 2.24) is 0 Å². The van der Waals surface area contributed by atoms with Crippen molar-refractivity contribution >= 4 is 23.7 Å². The molecule has 1 amide bonds. The molecule has 1 heterocycles. The highest BCUT2D eigenvalue weighted by Crippen LogP contribution is 2.30. The van der Waals surface area contributed by atoms with E-state index in [0.29, 0.717) is 12.5 Å². The van der Waals surface area contributed by atoms with Gasteiger partial charge in [-0.05, 0) is 28.7 Å². The van der Waals surface area contributed by atoms with E-state index in [9.17, 15) is 4.79 Å². The number of anilines is 1. The Labute approximate surface area is 138 Å². The van der Waals surface area contributed by atoms with Crippen molar-refractivity contribution in [3.8, 4) is 0 Å². The number of para-hydroxylation sites is 1. The van der Waals surface area contributed by atoms with E-state index in [-0.39, 0.29) is 11.8 Å². The summed E-state index contributed by atoms with van der Waals surface area (Å²) in [5, 5.41) is 0. The number of nitrogens with zero attached hydrogens (tertiary/aromatic N) is 1. The second-order valence-electron chi connectivity index (χ2n) is 6.55. The highest BCUT2D eigenvalue weighted by atomic mass is 16.2. The summed E-state index contributed by atoms with van der Waals surface area (Å²) in [4.78, 5) is 15.0. The number of amides is 1. The predicted molar refractivity (Wildman–Crippen MR) is 97.0 cm³/mol. The van der Waals surface area contributed by atoms with Crippen LogP contribution >= 0.6 is 0 Å². The average molecular weight is 305 g/mol. The van der Waals surface area contributed by atoms with Gasteiger partial charge in [0.15, 0.2) is 0 Å². The smallest absolute Gasteiger partial charge is 0.230 e.